The van der Waals surface area contributed by atoms with E-state index >= 15 is 0 Å². The minimum absolute atomic E-state index is 0.0632. The number of hydrogen-bond acceptors (Lipinski definition) is 7. The first-order valence-electron chi connectivity index (χ1n) is 9.10. The second-order valence-corrected chi connectivity index (χ2v) is 8.59. The summed E-state index contributed by atoms with van der Waals surface area (Å²) in [7, 11) is 0. The van der Waals surface area contributed by atoms with Crippen molar-refractivity contribution in [2.75, 3.05) is 5.32 Å². The standard InChI is InChI=1S/C20H20N6OS2/c1-12-6-4-5-7-16(12)23-17(27)9-18-22-15(10-28-18)11-29-20-24-19-21-13(2)8-14(3)26(19)25-20/h4-8,10H,9,11H2,1-3H3,(H,23,27). The molecule has 0 bridgehead atoms. The van der Waals surface area contributed by atoms with Gasteiger partial charge in [-0.15, -0.1) is 16.4 Å². The number of para-hydroxylation sites is 1. The molecule has 4 aromatic rings. The minimum atomic E-state index is -0.0632. The summed E-state index contributed by atoms with van der Waals surface area (Å²) in [4.78, 5) is 25.8. The summed E-state index contributed by atoms with van der Waals surface area (Å²) in [5.74, 6) is 1.19. The Labute approximate surface area is 176 Å². The SMILES string of the molecule is Cc1cc(C)n2nc(SCc3csc(CC(=O)Nc4ccccc4C)n3)nc2n1. The molecule has 148 valence electrons. The number of aryl methyl sites for hydroxylation is 3. The van der Waals surface area contributed by atoms with E-state index in [2.05, 4.69) is 25.4 Å². The van der Waals surface area contributed by atoms with Crippen LogP contribution >= 0.6 is 23.1 Å². The number of benzene rings is 1. The molecule has 7 nitrogen and oxygen atoms in total. The maximum Gasteiger partial charge on any atom is 0.253 e. The van der Waals surface area contributed by atoms with E-state index in [0.717, 1.165) is 33.3 Å². The molecule has 0 radical (unpaired) electrons. The van der Waals surface area contributed by atoms with Gasteiger partial charge in [-0.25, -0.2) is 14.5 Å². The monoisotopic (exact) mass is 424 g/mol. The first-order chi connectivity index (χ1) is 14.0. The molecule has 0 aliphatic carbocycles. The Morgan fingerprint density at radius 1 is 1.17 bits per heavy atom. The number of nitrogens with one attached hydrogen (secondary N) is 1. The lowest BCUT2D eigenvalue weighted by Crippen LogP contribution is -2.15. The summed E-state index contributed by atoms with van der Waals surface area (Å²) < 4.78 is 1.75. The first-order valence-corrected chi connectivity index (χ1v) is 11.0. The van der Waals surface area contributed by atoms with Crippen molar-refractivity contribution < 1.29 is 4.79 Å². The van der Waals surface area contributed by atoms with Gasteiger partial charge in [0, 0.05) is 28.2 Å². The topological polar surface area (TPSA) is 85.1 Å². The van der Waals surface area contributed by atoms with Crippen LogP contribution in [0.3, 0.4) is 0 Å². The predicted octanol–water partition coefficient (Wildman–Crippen LogP) is 3.98. The highest BCUT2D eigenvalue weighted by Gasteiger charge is 2.12. The van der Waals surface area contributed by atoms with E-state index in [1.54, 1.807) is 4.52 Å². The van der Waals surface area contributed by atoms with Crippen LogP contribution in [-0.2, 0) is 17.0 Å². The summed E-state index contributed by atoms with van der Waals surface area (Å²) in [5.41, 5.74) is 4.71. The van der Waals surface area contributed by atoms with Gasteiger partial charge >= 0.3 is 0 Å². The molecule has 4 rings (SSSR count). The molecule has 0 unspecified atom stereocenters. The Hall–Kier alpha value is -2.78. The summed E-state index contributed by atoms with van der Waals surface area (Å²) in [6.45, 7) is 5.90. The van der Waals surface area contributed by atoms with Crippen LogP contribution in [0.2, 0.25) is 0 Å². The molecule has 3 heterocycles. The third kappa shape index (κ3) is 4.63. The van der Waals surface area contributed by atoms with Gasteiger partial charge in [0.15, 0.2) is 0 Å². The second-order valence-electron chi connectivity index (χ2n) is 6.71. The van der Waals surface area contributed by atoms with Crippen LogP contribution in [-0.4, -0.2) is 30.5 Å². The van der Waals surface area contributed by atoms with Crippen LogP contribution in [0.25, 0.3) is 5.78 Å². The zero-order valence-electron chi connectivity index (χ0n) is 16.3. The van der Waals surface area contributed by atoms with Crippen LogP contribution < -0.4 is 5.32 Å². The number of hydrogen-bond donors (Lipinski definition) is 1. The molecule has 0 aliphatic heterocycles. The van der Waals surface area contributed by atoms with Crippen molar-refractivity contribution in [1.82, 2.24) is 24.6 Å². The van der Waals surface area contributed by atoms with Gasteiger partial charge in [0.1, 0.15) is 5.01 Å². The number of carbonyl (C=O) groups is 1. The molecule has 0 spiro atoms. The van der Waals surface area contributed by atoms with Crippen LogP contribution in [0.5, 0.6) is 0 Å². The smallest absolute Gasteiger partial charge is 0.253 e. The zero-order valence-corrected chi connectivity index (χ0v) is 18.0. The highest BCUT2D eigenvalue weighted by molar-refractivity contribution is 7.98. The minimum Gasteiger partial charge on any atom is -0.325 e. The van der Waals surface area contributed by atoms with Gasteiger partial charge in [0.05, 0.1) is 12.1 Å². The maximum absolute atomic E-state index is 12.3. The quantitative estimate of drug-likeness (QED) is 0.471. The molecular formula is C20H20N6OS2. The van der Waals surface area contributed by atoms with Crippen molar-refractivity contribution >= 4 is 40.5 Å². The van der Waals surface area contributed by atoms with Crippen LogP contribution in [0.15, 0.2) is 40.9 Å². The van der Waals surface area contributed by atoms with E-state index in [4.69, 9.17) is 0 Å². The lowest BCUT2D eigenvalue weighted by atomic mass is 10.2. The van der Waals surface area contributed by atoms with Gasteiger partial charge in [-0.2, -0.15) is 4.98 Å². The average Bonchev–Trinajstić information content (AvgIpc) is 3.28. The summed E-state index contributed by atoms with van der Waals surface area (Å²) in [6, 6.07) is 9.71. The lowest BCUT2D eigenvalue weighted by Gasteiger charge is -2.06. The molecule has 0 fully saturated rings. The molecule has 1 aromatic carbocycles. The predicted molar refractivity (Wildman–Crippen MR) is 115 cm³/mol. The Kier molecular flexibility index (Phi) is 5.59. The molecular weight excluding hydrogens is 404 g/mol. The van der Waals surface area contributed by atoms with E-state index in [9.17, 15) is 4.79 Å². The zero-order chi connectivity index (χ0) is 20.4. The van der Waals surface area contributed by atoms with Crippen molar-refractivity contribution in [2.45, 2.75) is 38.1 Å². The fourth-order valence-corrected chi connectivity index (χ4v) is 4.50. The highest BCUT2D eigenvalue weighted by atomic mass is 32.2. The number of nitrogens with zero attached hydrogens (tertiary/aromatic N) is 5. The summed E-state index contributed by atoms with van der Waals surface area (Å²) in [6.07, 6.45) is 0.263. The molecule has 0 saturated carbocycles. The number of thiazole rings is 1. The molecule has 3 aromatic heterocycles. The molecule has 9 heteroatoms. The fraction of sp³-hybridized carbons (Fsp3) is 0.250. The Morgan fingerprint density at radius 2 is 2.00 bits per heavy atom. The van der Waals surface area contributed by atoms with Gasteiger partial charge in [-0.3, -0.25) is 4.79 Å². The summed E-state index contributed by atoms with van der Waals surface area (Å²) >= 11 is 3.00. The van der Waals surface area contributed by atoms with Gasteiger partial charge in [-0.1, -0.05) is 30.0 Å². The van der Waals surface area contributed by atoms with Gasteiger partial charge in [0.25, 0.3) is 5.78 Å². The van der Waals surface area contributed by atoms with Crippen LogP contribution in [0, 0.1) is 20.8 Å². The van der Waals surface area contributed by atoms with Gasteiger partial charge < -0.3 is 5.32 Å². The molecule has 29 heavy (non-hydrogen) atoms. The molecule has 1 N–H and O–H groups in total. The normalized spacial score (nSPS) is 11.1. The number of fused-ring (bicyclic) bond motifs is 1. The largest absolute Gasteiger partial charge is 0.325 e. The summed E-state index contributed by atoms with van der Waals surface area (Å²) in [5, 5.41) is 10.9. The third-order valence-corrected chi connectivity index (χ3v) is 6.05. The number of aromatic nitrogens is 5. The lowest BCUT2D eigenvalue weighted by molar-refractivity contribution is -0.115. The van der Waals surface area contributed by atoms with E-state index < -0.39 is 0 Å². The first kappa shape index (κ1) is 19.5. The van der Waals surface area contributed by atoms with Crippen molar-refractivity contribution in [3.8, 4) is 0 Å². The average molecular weight is 425 g/mol. The number of thioether (sulfide) groups is 1. The van der Waals surface area contributed by atoms with E-state index in [1.165, 1.54) is 23.1 Å². The number of carbonyl (C=O) groups excluding carboxylic acids is 1. The Bertz CT molecular complexity index is 1180. The number of rotatable bonds is 6. The Balaban J connectivity index is 1.36. The Morgan fingerprint density at radius 3 is 2.83 bits per heavy atom. The van der Waals surface area contributed by atoms with E-state index in [-0.39, 0.29) is 12.3 Å². The number of amides is 1. The molecule has 1 amide bonds. The van der Waals surface area contributed by atoms with E-state index in [1.807, 2.05) is 56.5 Å². The fourth-order valence-electron chi connectivity index (χ4n) is 2.89. The van der Waals surface area contributed by atoms with Crippen molar-refractivity contribution in [2.24, 2.45) is 0 Å². The van der Waals surface area contributed by atoms with Crippen LogP contribution in [0.1, 0.15) is 27.7 Å². The molecule has 0 atom stereocenters. The van der Waals surface area contributed by atoms with Crippen molar-refractivity contribution in [3.05, 3.63) is 63.4 Å². The third-order valence-electron chi connectivity index (χ3n) is 4.28. The highest BCUT2D eigenvalue weighted by Crippen LogP contribution is 2.22. The molecule has 0 aliphatic rings. The van der Waals surface area contributed by atoms with Crippen LogP contribution in [0.4, 0.5) is 5.69 Å². The van der Waals surface area contributed by atoms with Gasteiger partial charge in [-0.05, 0) is 38.5 Å². The van der Waals surface area contributed by atoms with Crippen molar-refractivity contribution in [3.63, 3.8) is 0 Å². The molecule has 0 saturated heterocycles. The van der Waals surface area contributed by atoms with Crippen molar-refractivity contribution in [1.29, 1.82) is 0 Å². The van der Waals surface area contributed by atoms with E-state index in [0.29, 0.717) is 16.7 Å². The van der Waals surface area contributed by atoms with Gasteiger partial charge in [0.2, 0.25) is 11.1 Å². The second kappa shape index (κ2) is 8.30. The maximum atomic E-state index is 12.3. The number of anilines is 1.